The third kappa shape index (κ3) is 4.03. The first kappa shape index (κ1) is 14.0. The van der Waals surface area contributed by atoms with E-state index in [4.69, 9.17) is 0 Å². The molecule has 0 saturated heterocycles. The normalized spacial score (nSPS) is 18.3. The van der Waals surface area contributed by atoms with Crippen LogP contribution >= 0.6 is 11.8 Å². The third-order valence-corrected chi connectivity index (χ3v) is 4.83. The van der Waals surface area contributed by atoms with Crippen LogP contribution in [0.3, 0.4) is 0 Å². The van der Waals surface area contributed by atoms with E-state index >= 15 is 0 Å². The van der Waals surface area contributed by atoms with E-state index in [2.05, 4.69) is 43.4 Å². The van der Waals surface area contributed by atoms with Crippen molar-refractivity contribution >= 4 is 11.8 Å². The highest BCUT2D eigenvalue weighted by atomic mass is 32.2. The van der Waals surface area contributed by atoms with Crippen LogP contribution in [-0.2, 0) is 0 Å². The Labute approximate surface area is 116 Å². The van der Waals surface area contributed by atoms with Crippen molar-refractivity contribution in [1.29, 1.82) is 0 Å². The molecule has 0 amide bonds. The van der Waals surface area contributed by atoms with Crippen LogP contribution in [0, 0.1) is 5.92 Å². The Morgan fingerprint density at radius 3 is 2.94 bits per heavy atom. The molecule has 1 aromatic rings. The van der Waals surface area contributed by atoms with E-state index in [1.54, 1.807) is 5.56 Å². The smallest absolute Gasteiger partial charge is 0.0108 e. The monoisotopic (exact) mass is 263 g/mol. The van der Waals surface area contributed by atoms with Crippen LogP contribution < -0.4 is 5.32 Å². The highest BCUT2D eigenvalue weighted by molar-refractivity contribution is 7.99. The van der Waals surface area contributed by atoms with Crippen LogP contribution in [0.1, 0.15) is 44.6 Å². The Morgan fingerprint density at radius 2 is 2.11 bits per heavy atom. The molecule has 1 aromatic carbocycles. The zero-order valence-corrected chi connectivity index (χ0v) is 12.4. The summed E-state index contributed by atoms with van der Waals surface area (Å²) in [5.41, 5.74) is 1.55. The summed E-state index contributed by atoms with van der Waals surface area (Å²) in [4.78, 5) is 1.49. The lowest BCUT2D eigenvalue weighted by Gasteiger charge is -2.12. The standard InChI is InChI=1S/C16H25NS/c1-13(2)7-5-6-10-17-11-14-12-18-16-9-4-3-8-15(14)16/h3-4,8-9,13-14,17H,5-7,10-12H2,1-2H3. The van der Waals surface area contributed by atoms with Crippen LogP contribution in [0.4, 0.5) is 0 Å². The minimum atomic E-state index is 0.719. The number of nitrogens with one attached hydrogen (secondary N) is 1. The molecule has 1 nitrogen and oxygen atoms in total. The van der Waals surface area contributed by atoms with E-state index in [1.165, 1.54) is 36.5 Å². The molecule has 1 N–H and O–H groups in total. The first-order valence-corrected chi connectivity index (χ1v) is 8.18. The SMILES string of the molecule is CC(C)CCCCNCC1CSc2ccccc21. The zero-order chi connectivity index (χ0) is 12.8. The molecule has 18 heavy (non-hydrogen) atoms. The van der Waals surface area contributed by atoms with Gasteiger partial charge in [-0.1, -0.05) is 44.9 Å². The van der Waals surface area contributed by atoms with E-state index in [0.29, 0.717) is 0 Å². The second-order valence-electron chi connectivity index (χ2n) is 5.64. The molecule has 0 fully saturated rings. The predicted octanol–water partition coefficient (Wildman–Crippen LogP) is 4.29. The van der Waals surface area contributed by atoms with Crippen LogP contribution in [0.2, 0.25) is 0 Å². The lowest BCUT2D eigenvalue weighted by atomic mass is 10.0. The van der Waals surface area contributed by atoms with Gasteiger partial charge in [-0.15, -0.1) is 11.8 Å². The second kappa shape index (κ2) is 7.20. The largest absolute Gasteiger partial charge is 0.316 e. The first-order valence-electron chi connectivity index (χ1n) is 7.20. The van der Waals surface area contributed by atoms with Crippen molar-refractivity contribution in [1.82, 2.24) is 5.32 Å². The van der Waals surface area contributed by atoms with Crippen molar-refractivity contribution in [3.05, 3.63) is 29.8 Å². The number of unbranched alkanes of at least 4 members (excludes halogenated alkanes) is 1. The fraction of sp³-hybridized carbons (Fsp3) is 0.625. The minimum Gasteiger partial charge on any atom is -0.316 e. The number of rotatable bonds is 7. The lowest BCUT2D eigenvalue weighted by Crippen LogP contribution is -2.22. The third-order valence-electron chi connectivity index (χ3n) is 3.57. The van der Waals surface area contributed by atoms with Crippen LogP contribution in [0.5, 0.6) is 0 Å². The van der Waals surface area contributed by atoms with E-state index in [-0.39, 0.29) is 0 Å². The van der Waals surface area contributed by atoms with Crippen LogP contribution in [0.25, 0.3) is 0 Å². The Balaban J connectivity index is 1.64. The molecule has 0 saturated carbocycles. The van der Waals surface area contributed by atoms with Gasteiger partial charge in [0.15, 0.2) is 0 Å². The molecular formula is C16H25NS. The van der Waals surface area contributed by atoms with Gasteiger partial charge in [0.2, 0.25) is 0 Å². The van der Waals surface area contributed by atoms with Crippen LogP contribution in [-0.4, -0.2) is 18.8 Å². The van der Waals surface area contributed by atoms with Crippen molar-refractivity contribution in [3.63, 3.8) is 0 Å². The predicted molar refractivity (Wildman–Crippen MR) is 81.5 cm³/mol. The maximum absolute atomic E-state index is 3.63. The fourth-order valence-electron chi connectivity index (χ4n) is 2.48. The van der Waals surface area contributed by atoms with Gasteiger partial charge in [-0.05, 0) is 30.5 Å². The molecule has 0 radical (unpaired) electrons. The molecule has 1 heterocycles. The molecular weight excluding hydrogens is 238 g/mol. The minimum absolute atomic E-state index is 0.719. The van der Waals surface area contributed by atoms with Gasteiger partial charge in [0.25, 0.3) is 0 Å². The molecule has 2 heteroatoms. The van der Waals surface area contributed by atoms with Crippen molar-refractivity contribution in [2.75, 3.05) is 18.8 Å². The van der Waals surface area contributed by atoms with Gasteiger partial charge in [0, 0.05) is 23.1 Å². The van der Waals surface area contributed by atoms with E-state index in [0.717, 1.165) is 18.4 Å². The summed E-state index contributed by atoms with van der Waals surface area (Å²) in [6, 6.07) is 8.86. The quantitative estimate of drug-likeness (QED) is 0.736. The van der Waals surface area contributed by atoms with E-state index in [9.17, 15) is 0 Å². The summed E-state index contributed by atoms with van der Waals surface area (Å²) in [7, 11) is 0. The Bertz CT molecular complexity index is 362. The number of fused-ring (bicyclic) bond motifs is 1. The summed E-state index contributed by atoms with van der Waals surface area (Å²) < 4.78 is 0. The van der Waals surface area contributed by atoms with Gasteiger partial charge in [0.1, 0.15) is 0 Å². The average molecular weight is 263 g/mol. The highest BCUT2D eigenvalue weighted by Crippen LogP contribution is 2.38. The number of hydrogen-bond donors (Lipinski definition) is 1. The van der Waals surface area contributed by atoms with E-state index < -0.39 is 0 Å². The summed E-state index contributed by atoms with van der Waals surface area (Å²) in [6.45, 7) is 6.93. The molecule has 1 unspecified atom stereocenters. The summed E-state index contributed by atoms with van der Waals surface area (Å²) >= 11 is 2.01. The molecule has 0 bridgehead atoms. The maximum Gasteiger partial charge on any atom is 0.0108 e. The Hall–Kier alpha value is -0.470. The van der Waals surface area contributed by atoms with Crippen molar-refractivity contribution in [2.24, 2.45) is 5.92 Å². The Morgan fingerprint density at radius 1 is 1.28 bits per heavy atom. The fourth-order valence-corrected chi connectivity index (χ4v) is 3.73. The van der Waals surface area contributed by atoms with Crippen molar-refractivity contribution < 1.29 is 0 Å². The van der Waals surface area contributed by atoms with Gasteiger partial charge in [-0.25, -0.2) is 0 Å². The van der Waals surface area contributed by atoms with E-state index in [1.807, 2.05) is 11.8 Å². The van der Waals surface area contributed by atoms with Gasteiger partial charge in [-0.3, -0.25) is 0 Å². The zero-order valence-electron chi connectivity index (χ0n) is 11.6. The molecule has 1 aliphatic heterocycles. The molecule has 0 aliphatic carbocycles. The number of hydrogen-bond acceptors (Lipinski definition) is 2. The molecule has 1 atom stereocenters. The van der Waals surface area contributed by atoms with Gasteiger partial charge < -0.3 is 5.32 Å². The number of thioether (sulfide) groups is 1. The average Bonchev–Trinajstić information content (AvgIpc) is 2.77. The van der Waals surface area contributed by atoms with Crippen molar-refractivity contribution in [2.45, 2.75) is 43.9 Å². The van der Waals surface area contributed by atoms with Gasteiger partial charge in [-0.2, -0.15) is 0 Å². The highest BCUT2D eigenvalue weighted by Gasteiger charge is 2.21. The maximum atomic E-state index is 3.63. The second-order valence-corrected chi connectivity index (χ2v) is 6.70. The summed E-state index contributed by atoms with van der Waals surface area (Å²) in [5.74, 6) is 2.82. The molecule has 1 aliphatic rings. The van der Waals surface area contributed by atoms with Crippen LogP contribution in [0.15, 0.2) is 29.2 Å². The Kier molecular flexibility index (Phi) is 5.58. The van der Waals surface area contributed by atoms with Crippen molar-refractivity contribution in [3.8, 4) is 0 Å². The molecule has 2 rings (SSSR count). The van der Waals surface area contributed by atoms with Gasteiger partial charge in [0.05, 0.1) is 0 Å². The molecule has 0 spiro atoms. The molecule has 0 aromatic heterocycles. The summed E-state index contributed by atoms with van der Waals surface area (Å²) in [6.07, 6.45) is 4.05. The first-order chi connectivity index (χ1) is 8.77. The summed E-state index contributed by atoms with van der Waals surface area (Å²) in [5, 5.41) is 3.63. The lowest BCUT2D eigenvalue weighted by molar-refractivity contribution is 0.514. The topological polar surface area (TPSA) is 12.0 Å². The van der Waals surface area contributed by atoms with Gasteiger partial charge >= 0.3 is 0 Å². The number of benzene rings is 1. The molecule has 100 valence electrons.